The molecule has 2 rings (SSSR count). The van der Waals surface area contributed by atoms with Crippen molar-refractivity contribution in [1.29, 1.82) is 5.26 Å². The Bertz CT molecular complexity index is 353. The van der Waals surface area contributed by atoms with Crippen molar-refractivity contribution in [2.24, 2.45) is 0 Å². The molecule has 0 aliphatic carbocycles. The molecule has 15 heavy (non-hydrogen) atoms. The molecule has 0 aromatic carbocycles. The molecule has 1 fully saturated rings. The van der Waals surface area contributed by atoms with Crippen molar-refractivity contribution in [3.63, 3.8) is 0 Å². The first kappa shape index (κ1) is 10.1. The molecule has 4 heteroatoms. The van der Waals surface area contributed by atoms with Crippen LogP contribution in [0.4, 0.5) is 0 Å². The predicted octanol–water partition coefficient (Wildman–Crippen LogP) is 1.58. The molecule has 0 radical (unpaired) electrons. The number of pyridine rings is 1. The molecule has 0 bridgehead atoms. The average Bonchev–Trinajstić information content (AvgIpc) is 2.78. The lowest BCUT2D eigenvalue weighted by Gasteiger charge is -2.26. The van der Waals surface area contributed by atoms with Crippen LogP contribution in [-0.4, -0.2) is 18.2 Å². The summed E-state index contributed by atoms with van der Waals surface area (Å²) in [5, 5.41) is 8.61. The van der Waals surface area contributed by atoms with Gasteiger partial charge in [-0.15, -0.1) is 0 Å². The highest BCUT2D eigenvalue weighted by Gasteiger charge is 2.38. The van der Waals surface area contributed by atoms with Gasteiger partial charge in [-0.3, -0.25) is 4.98 Å². The van der Waals surface area contributed by atoms with E-state index in [9.17, 15) is 0 Å². The maximum Gasteiger partial charge on any atom is 0.197 e. The van der Waals surface area contributed by atoms with Crippen LogP contribution >= 0.6 is 0 Å². The van der Waals surface area contributed by atoms with Gasteiger partial charge in [0.2, 0.25) is 0 Å². The summed E-state index contributed by atoms with van der Waals surface area (Å²) in [6.07, 6.45) is 4.39. The molecule has 1 saturated heterocycles. The molecular weight excluding hydrogens is 192 g/mol. The zero-order valence-corrected chi connectivity index (χ0v) is 8.35. The van der Waals surface area contributed by atoms with Gasteiger partial charge >= 0.3 is 0 Å². The number of nitriles is 1. The van der Waals surface area contributed by atoms with E-state index < -0.39 is 5.79 Å². The predicted molar refractivity (Wildman–Crippen MR) is 52.7 cm³/mol. The summed E-state index contributed by atoms with van der Waals surface area (Å²) in [5.41, 5.74) is 0.887. The lowest BCUT2D eigenvalue weighted by Crippen LogP contribution is -2.27. The van der Waals surface area contributed by atoms with E-state index in [-0.39, 0.29) is 0 Å². The fourth-order valence-corrected chi connectivity index (χ4v) is 1.72. The zero-order chi connectivity index (χ0) is 10.6. The topological polar surface area (TPSA) is 55.1 Å². The molecule has 1 aromatic heterocycles. The molecule has 0 N–H and O–H groups in total. The molecule has 4 nitrogen and oxygen atoms in total. The highest BCUT2D eigenvalue weighted by atomic mass is 16.7. The van der Waals surface area contributed by atoms with Crippen LogP contribution in [0.5, 0.6) is 0 Å². The van der Waals surface area contributed by atoms with Crippen molar-refractivity contribution in [2.45, 2.75) is 18.6 Å². The van der Waals surface area contributed by atoms with Crippen LogP contribution < -0.4 is 0 Å². The van der Waals surface area contributed by atoms with Gasteiger partial charge in [0.15, 0.2) is 5.79 Å². The van der Waals surface area contributed by atoms with Crippen LogP contribution in [0, 0.1) is 11.3 Å². The maximum absolute atomic E-state index is 8.61. The molecule has 1 aliphatic rings. The van der Waals surface area contributed by atoms with E-state index in [1.165, 1.54) is 0 Å². The molecule has 0 saturated carbocycles. The second-order valence-electron chi connectivity index (χ2n) is 3.35. The van der Waals surface area contributed by atoms with Crippen LogP contribution in [0.2, 0.25) is 0 Å². The first-order valence-electron chi connectivity index (χ1n) is 4.93. The summed E-state index contributed by atoms with van der Waals surface area (Å²) in [5.74, 6) is -0.746. The minimum atomic E-state index is -0.746. The van der Waals surface area contributed by atoms with E-state index in [0.717, 1.165) is 5.56 Å². The van der Waals surface area contributed by atoms with Gasteiger partial charge in [0.05, 0.1) is 19.3 Å². The molecular formula is C11H12N2O2. The summed E-state index contributed by atoms with van der Waals surface area (Å²) < 4.78 is 11.2. The Labute approximate surface area is 88.5 Å². The number of rotatable bonds is 3. The van der Waals surface area contributed by atoms with Crippen molar-refractivity contribution in [3.8, 4) is 6.07 Å². The molecule has 0 spiro atoms. The second-order valence-corrected chi connectivity index (χ2v) is 3.35. The quantitative estimate of drug-likeness (QED) is 0.750. The minimum absolute atomic E-state index is 0.412. The lowest BCUT2D eigenvalue weighted by atomic mass is 10.0. The highest BCUT2D eigenvalue weighted by Crippen LogP contribution is 2.35. The molecule has 2 heterocycles. The van der Waals surface area contributed by atoms with E-state index in [2.05, 4.69) is 11.1 Å². The van der Waals surface area contributed by atoms with Crippen molar-refractivity contribution in [1.82, 2.24) is 4.98 Å². The highest BCUT2D eigenvalue weighted by molar-refractivity contribution is 5.16. The van der Waals surface area contributed by atoms with Gasteiger partial charge in [-0.25, -0.2) is 0 Å². The summed E-state index contributed by atoms with van der Waals surface area (Å²) in [6, 6.07) is 5.86. The first-order valence-corrected chi connectivity index (χ1v) is 4.93. The third kappa shape index (κ3) is 1.99. The van der Waals surface area contributed by atoms with Crippen molar-refractivity contribution < 1.29 is 9.47 Å². The van der Waals surface area contributed by atoms with Crippen molar-refractivity contribution in [3.05, 3.63) is 30.1 Å². The summed E-state index contributed by atoms with van der Waals surface area (Å²) in [4.78, 5) is 4.04. The standard InChI is InChI=1S/C11H12N2O2/c12-5-2-4-11(14-7-8-15-11)10-3-1-6-13-9-10/h1,3,6,9H,2,4,7-8H2. The average molecular weight is 204 g/mol. The molecule has 1 aromatic rings. The van der Waals surface area contributed by atoms with Crippen molar-refractivity contribution >= 4 is 0 Å². The third-order valence-electron chi connectivity index (χ3n) is 2.42. The summed E-state index contributed by atoms with van der Waals surface area (Å²) in [6.45, 7) is 1.14. The monoisotopic (exact) mass is 204 g/mol. The van der Waals surface area contributed by atoms with Crippen LogP contribution in [0.3, 0.4) is 0 Å². The van der Waals surface area contributed by atoms with Gasteiger partial charge in [0.25, 0.3) is 0 Å². The minimum Gasteiger partial charge on any atom is -0.343 e. The summed E-state index contributed by atoms with van der Waals surface area (Å²) in [7, 11) is 0. The Kier molecular flexibility index (Phi) is 2.95. The van der Waals surface area contributed by atoms with Crippen LogP contribution in [0.15, 0.2) is 24.5 Å². The van der Waals surface area contributed by atoms with E-state index in [1.807, 2.05) is 12.1 Å². The van der Waals surface area contributed by atoms with Gasteiger partial charge in [-0.05, 0) is 6.07 Å². The van der Waals surface area contributed by atoms with Gasteiger partial charge in [0, 0.05) is 30.8 Å². The maximum atomic E-state index is 8.61. The number of hydrogen-bond donors (Lipinski definition) is 0. The second kappa shape index (κ2) is 4.39. The zero-order valence-electron chi connectivity index (χ0n) is 8.35. The van der Waals surface area contributed by atoms with Crippen LogP contribution in [0.25, 0.3) is 0 Å². The Morgan fingerprint density at radius 3 is 2.87 bits per heavy atom. The van der Waals surface area contributed by atoms with Gasteiger partial charge in [0.1, 0.15) is 0 Å². The normalized spacial score (nSPS) is 18.6. The smallest absolute Gasteiger partial charge is 0.197 e. The molecule has 0 atom stereocenters. The molecule has 78 valence electrons. The third-order valence-corrected chi connectivity index (χ3v) is 2.42. The van der Waals surface area contributed by atoms with Crippen molar-refractivity contribution in [2.75, 3.05) is 13.2 Å². The van der Waals surface area contributed by atoms with Crippen LogP contribution in [-0.2, 0) is 15.3 Å². The fraction of sp³-hybridized carbons (Fsp3) is 0.455. The van der Waals surface area contributed by atoms with Gasteiger partial charge in [-0.1, -0.05) is 6.07 Å². The Hall–Kier alpha value is -1.44. The largest absolute Gasteiger partial charge is 0.343 e. The first-order chi connectivity index (χ1) is 7.37. The van der Waals surface area contributed by atoms with E-state index in [1.54, 1.807) is 12.4 Å². The van der Waals surface area contributed by atoms with Crippen LogP contribution in [0.1, 0.15) is 18.4 Å². The van der Waals surface area contributed by atoms with E-state index in [4.69, 9.17) is 14.7 Å². The Morgan fingerprint density at radius 1 is 1.47 bits per heavy atom. The van der Waals surface area contributed by atoms with Gasteiger partial charge < -0.3 is 9.47 Å². The number of ether oxygens (including phenoxy) is 2. The van der Waals surface area contributed by atoms with E-state index >= 15 is 0 Å². The SMILES string of the molecule is N#CCCC1(c2cccnc2)OCCO1. The Balaban J connectivity index is 2.23. The fourth-order valence-electron chi connectivity index (χ4n) is 1.72. The number of hydrogen-bond acceptors (Lipinski definition) is 4. The number of aromatic nitrogens is 1. The summed E-state index contributed by atoms with van der Waals surface area (Å²) >= 11 is 0. The molecule has 1 aliphatic heterocycles. The molecule has 0 amide bonds. The molecule has 0 unspecified atom stereocenters. The Morgan fingerprint density at radius 2 is 2.27 bits per heavy atom. The van der Waals surface area contributed by atoms with E-state index in [0.29, 0.717) is 26.1 Å². The lowest BCUT2D eigenvalue weighted by molar-refractivity contribution is -0.170. The van der Waals surface area contributed by atoms with Gasteiger partial charge in [-0.2, -0.15) is 5.26 Å². The number of nitrogens with zero attached hydrogens (tertiary/aromatic N) is 2.